The highest BCUT2D eigenvalue weighted by Gasteiger charge is 2.05. The number of hydrogen-bond acceptors (Lipinski definition) is 3. The molecular weight excluding hydrogens is 276 g/mol. The van der Waals surface area contributed by atoms with Gasteiger partial charge >= 0.3 is 0 Å². The van der Waals surface area contributed by atoms with E-state index < -0.39 is 0 Å². The van der Waals surface area contributed by atoms with Crippen molar-refractivity contribution in [3.8, 4) is 11.3 Å². The van der Waals surface area contributed by atoms with Crippen molar-refractivity contribution < 1.29 is 0 Å². The summed E-state index contributed by atoms with van der Waals surface area (Å²) in [5, 5.41) is 1.56. The van der Waals surface area contributed by atoms with Crippen LogP contribution in [0.15, 0.2) is 54.7 Å². The molecule has 0 N–H and O–H groups in total. The Kier molecular flexibility index (Phi) is 3.23. The molecule has 0 aliphatic carbocycles. The first kappa shape index (κ1) is 12.2. The van der Waals surface area contributed by atoms with Gasteiger partial charge in [0.1, 0.15) is 4.64 Å². The van der Waals surface area contributed by atoms with E-state index in [2.05, 4.69) is 9.97 Å². The van der Waals surface area contributed by atoms with Gasteiger partial charge in [-0.3, -0.25) is 4.98 Å². The lowest BCUT2D eigenvalue weighted by Crippen LogP contribution is -1.81. The average Bonchev–Trinajstić information content (AvgIpc) is 2.58. The van der Waals surface area contributed by atoms with Crippen LogP contribution in [-0.4, -0.2) is 9.97 Å². The van der Waals surface area contributed by atoms with Gasteiger partial charge in [0.15, 0.2) is 0 Å². The molecule has 0 aliphatic rings. The molecule has 0 amide bonds. The van der Waals surface area contributed by atoms with Gasteiger partial charge in [-0.25, -0.2) is 4.98 Å². The second-order valence-corrected chi connectivity index (χ2v) is 4.94. The van der Waals surface area contributed by atoms with Gasteiger partial charge in [-0.15, -0.1) is 0 Å². The molecule has 2 aromatic carbocycles. The lowest BCUT2D eigenvalue weighted by Gasteiger charge is -2.01. The van der Waals surface area contributed by atoms with Gasteiger partial charge in [-0.05, 0) is 18.2 Å². The lowest BCUT2D eigenvalue weighted by molar-refractivity contribution is 1.31. The highest BCUT2D eigenvalue weighted by atomic mass is 35.5. The SMILES string of the molecule is S=c1cnc(-c2ccccc2)c2cc(Cl)ccc2n1. The Labute approximate surface area is 120 Å². The minimum Gasteiger partial charge on any atom is -0.252 e. The van der Waals surface area contributed by atoms with Crippen molar-refractivity contribution in [1.29, 1.82) is 0 Å². The summed E-state index contributed by atoms with van der Waals surface area (Å²) < 4.78 is 0.467. The number of rotatable bonds is 1. The molecule has 0 radical (unpaired) electrons. The molecule has 0 fully saturated rings. The van der Waals surface area contributed by atoms with Crippen LogP contribution in [0.3, 0.4) is 0 Å². The van der Waals surface area contributed by atoms with E-state index in [1.54, 1.807) is 12.3 Å². The van der Waals surface area contributed by atoms with E-state index >= 15 is 0 Å². The van der Waals surface area contributed by atoms with Crippen molar-refractivity contribution >= 4 is 34.7 Å². The smallest absolute Gasteiger partial charge is 0.145 e. The topological polar surface area (TPSA) is 25.8 Å². The van der Waals surface area contributed by atoms with Crippen LogP contribution in [0.25, 0.3) is 22.2 Å². The Morgan fingerprint density at radius 2 is 1.79 bits per heavy atom. The minimum absolute atomic E-state index is 0.467. The van der Waals surface area contributed by atoms with Crippen LogP contribution < -0.4 is 0 Å². The van der Waals surface area contributed by atoms with Crippen LogP contribution in [0.5, 0.6) is 0 Å². The highest BCUT2D eigenvalue weighted by Crippen LogP contribution is 2.26. The predicted octanol–water partition coefficient (Wildman–Crippen LogP) is 4.68. The van der Waals surface area contributed by atoms with Crippen LogP contribution in [0.2, 0.25) is 5.02 Å². The molecule has 4 heteroatoms. The molecule has 1 heterocycles. The Morgan fingerprint density at radius 3 is 2.58 bits per heavy atom. The van der Waals surface area contributed by atoms with Gasteiger partial charge in [0.05, 0.1) is 17.4 Å². The number of halogens is 1. The fourth-order valence-electron chi connectivity index (χ4n) is 1.96. The Balaban J connectivity index is 2.45. The lowest BCUT2D eigenvalue weighted by atomic mass is 10.1. The predicted molar refractivity (Wildman–Crippen MR) is 80.8 cm³/mol. The zero-order valence-corrected chi connectivity index (χ0v) is 11.4. The van der Waals surface area contributed by atoms with Crippen LogP contribution >= 0.6 is 23.8 Å². The molecule has 92 valence electrons. The quantitative estimate of drug-likeness (QED) is 0.607. The number of benzene rings is 2. The number of aromatic nitrogens is 2. The molecule has 0 atom stereocenters. The van der Waals surface area contributed by atoms with Crippen molar-refractivity contribution in [3.63, 3.8) is 0 Å². The fraction of sp³-hybridized carbons (Fsp3) is 0. The Morgan fingerprint density at radius 1 is 1.00 bits per heavy atom. The molecule has 0 aliphatic heterocycles. The van der Waals surface area contributed by atoms with E-state index in [0.29, 0.717) is 9.66 Å². The van der Waals surface area contributed by atoms with Crippen molar-refractivity contribution in [1.82, 2.24) is 9.97 Å². The average molecular weight is 285 g/mol. The van der Waals surface area contributed by atoms with Crippen molar-refractivity contribution in [3.05, 3.63) is 64.4 Å². The Bertz CT molecular complexity index is 803. The summed E-state index contributed by atoms with van der Waals surface area (Å²) in [6.07, 6.45) is 1.60. The molecule has 2 nitrogen and oxygen atoms in total. The molecule has 0 saturated heterocycles. The number of fused-ring (bicyclic) bond motifs is 1. The maximum absolute atomic E-state index is 6.08. The normalized spacial score (nSPS) is 10.6. The van der Waals surface area contributed by atoms with Crippen molar-refractivity contribution in [2.24, 2.45) is 0 Å². The van der Waals surface area contributed by atoms with Crippen LogP contribution in [0.4, 0.5) is 0 Å². The summed E-state index contributed by atoms with van der Waals surface area (Å²) >= 11 is 11.2. The summed E-state index contributed by atoms with van der Waals surface area (Å²) in [4.78, 5) is 8.81. The first-order chi connectivity index (χ1) is 9.24. The largest absolute Gasteiger partial charge is 0.252 e. The van der Waals surface area contributed by atoms with E-state index in [-0.39, 0.29) is 0 Å². The summed E-state index contributed by atoms with van der Waals surface area (Å²) in [6, 6.07) is 15.5. The van der Waals surface area contributed by atoms with Gasteiger partial charge in [0.2, 0.25) is 0 Å². The van der Waals surface area contributed by atoms with Crippen LogP contribution in [-0.2, 0) is 0 Å². The highest BCUT2D eigenvalue weighted by molar-refractivity contribution is 7.71. The third-order valence-corrected chi connectivity index (χ3v) is 3.23. The summed E-state index contributed by atoms with van der Waals surface area (Å²) in [5.41, 5.74) is 2.65. The first-order valence-corrected chi connectivity index (χ1v) is 6.55. The summed E-state index contributed by atoms with van der Waals surface area (Å²) in [6.45, 7) is 0. The number of hydrogen-bond donors (Lipinski definition) is 0. The van der Waals surface area contributed by atoms with E-state index in [4.69, 9.17) is 23.8 Å². The monoisotopic (exact) mass is 284 g/mol. The van der Waals surface area contributed by atoms with Crippen LogP contribution in [0.1, 0.15) is 0 Å². The molecule has 1 aromatic heterocycles. The first-order valence-electron chi connectivity index (χ1n) is 5.76. The van der Waals surface area contributed by atoms with Crippen molar-refractivity contribution in [2.75, 3.05) is 0 Å². The second kappa shape index (κ2) is 5.03. The van der Waals surface area contributed by atoms with E-state index in [1.807, 2.05) is 42.5 Å². The second-order valence-electron chi connectivity index (χ2n) is 4.08. The standard InChI is InChI=1S/C15H9ClN2S/c16-11-6-7-13-12(8-11)15(17-9-14(19)18-13)10-4-2-1-3-5-10/h1-9H. The maximum Gasteiger partial charge on any atom is 0.145 e. The molecule has 0 bridgehead atoms. The van der Waals surface area contributed by atoms with Gasteiger partial charge in [0, 0.05) is 16.0 Å². The zero-order valence-electron chi connectivity index (χ0n) is 9.88. The molecular formula is C15H9ClN2S. The molecule has 0 saturated carbocycles. The summed E-state index contributed by atoms with van der Waals surface area (Å²) in [5.74, 6) is 0. The molecule has 19 heavy (non-hydrogen) atoms. The van der Waals surface area contributed by atoms with Gasteiger partial charge in [-0.2, -0.15) is 0 Å². The van der Waals surface area contributed by atoms with Gasteiger partial charge < -0.3 is 0 Å². The zero-order chi connectivity index (χ0) is 13.2. The van der Waals surface area contributed by atoms with Crippen LogP contribution in [0, 0.1) is 4.64 Å². The Hall–Kier alpha value is -1.84. The third kappa shape index (κ3) is 2.48. The summed E-state index contributed by atoms with van der Waals surface area (Å²) in [7, 11) is 0. The molecule has 0 unspecified atom stereocenters. The fourth-order valence-corrected chi connectivity index (χ4v) is 2.28. The van der Waals surface area contributed by atoms with E-state index in [9.17, 15) is 0 Å². The van der Waals surface area contributed by atoms with Gasteiger partial charge in [-0.1, -0.05) is 54.2 Å². The van der Waals surface area contributed by atoms with E-state index in [0.717, 1.165) is 22.2 Å². The molecule has 3 rings (SSSR count). The van der Waals surface area contributed by atoms with Crippen molar-refractivity contribution in [2.45, 2.75) is 0 Å². The van der Waals surface area contributed by atoms with E-state index in [1.165, 1.54) is 0 Å². The molecule has 0 spiro atoms. The minimum atomic E-state index is 0.467. The maximum atomic E-state index is 6.08. The molecule has 3 aromatic rings. The third-order valence-electron chi connectivity index (χ3n) is 2.80. The van der Waals surface area contributed by atoms with Gasteiger partial charge in [0.25, 0.3) is 0 Å². The number of nitrogens with zero attached hydrogens (tertiary/aromatic N) is 2.